The molecular formula is C23H25N5O2. The van der Waals surface area contributed by atoms with Crippen molar-refractivity contribution in [2.24, 2.45) is 0 Å². The van der Waals surface area contributed by atoms with E-state index in [9.17, 15) is 4.79 Å². The van der Waals surface area contributed by atoms with Gasteiger partial charge in [-0.2, -0.15) is 0 Å². The average molecular weight is 403 g/mol. The second-order valence-electron chi connectivity index (χ2n) is 7.45. The zero-order chi connectivity index (χ0) is 20.9. The topological polar surface area (TPSA) is 71.5 Å². The number of carbonyl (C=O) groups is 1. The molecule has 1 fully saturated rings. The van der Waals surface area contributed by atoms with Gasteiger partial charge in [-0.15, -0.1) is 0 Å². The highest BCUT2D eigenvalue weighted by molar-refractivity contribution is 5.79. The van der Waals surface area contributed by atoms with E-state index in [4.69, 9.17) is 9.72 Å². The lowest BCUT2D eigenvalue weighted by Gasteiger charge is -2.27. The van der Waals surface area contributed by atoms with Gasteiger partial charge in [-0.1, -0.05) is 18.2 Å². The Hall–Kier alpha value is -3.48. The Balaban J connectivity index is 1.62. The number of aromatic nitrogens is 3. The van der Waals surface area contributed by atoms with E-state index >= 15 is 0 Å². The van der Waals surface area contributed by atoms with Crippen LogP contribution in [0.25, 0.3) is 11.1 Å². The molecule has 30 heavy (non-hydrogen) atoms. The number of hydrogen-bond donors (Lipinski definition) is 0. The predicted octanol–water partition coefficient (Wildman–Crippen LogP) is 3.35. The lowest BCUT2D eigenvalue weighted by Crippen LogP contribution is -2.35. The van der Waals surface area contributed by atoms with Gasteiger partial charge in [0.25, 0.3) is 5.91 Å². The molecule has 0 saturated carbocycles. The zero-order valence-corrected chi connectivity index (χ0v) is 17.2. The van der Waals surface area contributed by atoms with E-state index in [1.807, 2.05) is 72.6 Å². The van der Waals surface area contributed by atoms with E-state index in [2.05, 4.69) is 9.97 Å². The Morgan fingerprint density at radius 1 is 1.17 bits per heavy atom. The highest BCUT2D eigenvalue weighted by atomic mass is 16.5. The van der Waals surface area contributed by atoms with Gasteiger partial charge in [-0.05, 0) is 42.7 Å². The summed E-state index contributed by atoms with van der Waals surface area (Å²) in [7, 11) is 3.83. The highest BCUT2D eigenvalue weighted by Crippen LogP contribution is 2.37. The van der Waals surface area contributed by atoms with Crippen LogP contribution >= 0.6 is 0 Å². The van der Waals surface area contributed by atoms with Crippen molar-refractivity contribution in [3.63, 3.8) is 0 Å². The third-order valence-electron chi connectivity index (χ3n) is 5.19. The second-order valence-corrected chi connectivity index (χ2v) is 7.45. The molecule has 1 aromatic carbocycles. The third-order valence-corrected chi connectivity index (χ3v) is 5.19. The number of benzene rings is 1. The predicted molar refractivity (Wildman–Crippen MR) is 115 cm³/mol. The van der Waals surface area contributed by atoms with Gasteiger partial charge in [0.15, 0.2) is 6.61 Å². The van der Waals surface area contributed by atoms with Crippen LogP contribution in [-0.2, 0) is 4.79 Å². The second kappa shape index (κ2) is 8.90. The first-order valence-electron chi connectivity index (χ1n) is 10.1. The molecule has 1 atom stereocenters. The van der Waals surface area contributed by atoms with Crippen molar-refractivity contribution in [3.05, 3.63) is 66.7 Å². The normalized spacial score (nSPS) is 15.8. The van der Waals surface area contributed by atoms with Crippen LogP contribution in [0.1, 0.15) is 24.6 Å². The first-order valence-corrected chi connectivity index (χ1v) is 10.1. The third kappa shape index (κ3) is 4.25. The summed E-state index contributed by atoms with van der Waals surface area (Å²) in [6.45, 7) is 0.704. The zero-order valence-electron chi connectivity index (χ0n) is 17.2. The van der Waals surface area contributed by atoms with Crippen LogP contribution in [0.3, 0.4) is 0 Å². The first kappa shape index (κ1) is 19.8. The van der Waals surface area contributed by atoms with Crippen LogP contribution in [-0.4, -0.2) is 53.0 Å². The molecule has 1 aliphatic rings. The largest absolute Gasteiger partial charge is 0.484 e. The van der Waals surface area contributed by atoms with Gasteiger partial charge in [0.1, 0.15) is 5.75 Å². The molecule has 4 rings (SSSR count). The Morgan fingerprint density at radius 2 is 1.93 bits per heavy atom. The fourth-order valence-electron chi connectivity index (χ4n) is 3.70. The molecule has 0 radical (unpaired) electrons. The Kier molecular flexibility index (Phi) is 5.88. The van der Waals surface area contributed by atoms with Crippen molar-refractivity contribution < 1.29 is 9.53 Å². The van der Waals surface area contributed by atoms with Gasteiger partial charge in [-0.25, -0.2) is 9.97 Å². The number of para-hydroxylation sites is 1. The minimum Gasteiger partial charge on any atom is -0.484 e. The monoisotopic (exact) mass is 403 g/mol. The number of ether oxygens (including phenoxy) is 1. The molecule has 3 aromatic rings. The van der Waals surface area contributed by atoms with Gasteiger partial charge in [-0.3, -0.25) is 9.78 Å². The molecule has 0 bridgehead atoms. The van der Waals surface area contributed by atoms with Crippen molar-refractivity contribution >= 4 is 11.9 Å². The van der Waals surface area contributed by atoms with Crippen molar-refractivity contribution in [1.82, 2.24) is 19.9 Å². The fourth-order valence-corrected chi connectivity index (χ4v) is 3.70. The lowest BCUT2D eigenvalue weighted by molar-refractivity contribution is -0.134. The number of rotatable bonds is 6. The maximum atomic E-state index is 13.0. The number of carbonyl (C=O) groups excluding carboxylic acids is 1. The molecular weight excluding hydrogens is 378 g/mol. The molecule has 154 valence electrons. The summed E-state index contributed by atoms with van der Waals surface area (Å²) in [6.07, 6.45) is 7.14. The summed E-state index contributed by atoms with van der Waals surface area (Å²) in [5, 5.41) is 0. The minimum atomic E-state index is -0.110. The van der Waals surface area contributed by atoms with E-state index in [1.54, 1.807) is 12.4 Å². The van der Waals surface area contributed by atoms with E-state index in [-0.39, 0.29) is 18.6 Å². The summed E-state index contributed by atoms with van der Waals surface area (Å²) < 4.78 is 5.70. The van der Waals surface area contributed by atoms with Crippen LogP contribution < -0.4 is 9.64 Å². The smallest absolute Gasteiger partial charge is 0.261 e. The van der Waals surface area contributed by atoms with Crippen LogP contribution in [0.15, 0.2) is 61.1 Å². The molecule has 0 aliphatic carbocycles. The maximum absolute atomic E-state index is 13.0. The summed E-state index contributed by atoms with van der Waals surface area (Å²) >= 11 is 0. The van der Waals surface area contributed by atoms with Gasteiger partial charge in [0.2, 0.25) is 5.95 Å². The molecule has 2 aromatic heterocycles. The minimum absolute atomic E-state index is 0.0106. The highest BCUT2D eigenvalue weighted by Gasteiger charge is 2.33. The Labute approximate surface area is 176 Å². The molecule has 1 saturated heterocycles. The lowest BCUT2D eigenvalue weighted by atomic mass is 10.0. The van der Waals surface area contributed by atoms with Crippen molar-refractivity contribution in [1.29, 1.82) is 0 Å². The SMILES string of the molecule is CN(C)c1ncc(-c2ccncc2)c([C@@H]2CCCN2C(=O)COc2ccccc2)n1. The van der Waals surface area contributed by atoms with Gasteiger partial charge >= 0.3 is 0 Å². The van der Waals surface area contributed by atoms with E-state index in [0.717, 1.165) is 29.7 Å². The van der Waals surface area contributed by atoms with E-state index < -0.39 is 0 Å². The molecule has 3 heterocycles. The molecule has 7 heteroatoms. The van der Waals surface area contributed by atoms with Crippen molar-refractivity contribution in [3.8, 4) is 16.9 Å². The van der Waals surface area contributed by atoms with Gasteiger partial charge < -0.3 is 14.5 Å². The van der Waals surface area contributed by atoms with Gasteiger partial charge in [0, 0.05) is 44.8 Å². The molecule has 1 amide bonds. The standard InChI is InChI=1S/C23H25N5O2/c1-27(2)23-25-15-19(17-10-12-24-13-11-17)22(26-23)20-9-6-14-28(20)21(29)16-30-18-7-4-3-5-8-18/h3-5,7-8,10-13,15,20H,6,9,14,16H2,1-2H3/t20-/m0/s1. The molecule has 0 unspecified atom stereocenters. The van der Waals surface area contributed by atoms with Crippen LogP contribution in [0, 0.1) is 0 Å². The number of likely N-dealkylation sites (tertiary alicyclic amines) is 1. The van der Waals surface area contributed by atoms with Crippen molar-refractivity contribution in [2.75, 3.05) is 32.1 Å². The summed E-state index contributed by atoms with van der Waals surface area (Å²) in [4.78, 5) is 30.2. The molecule has 7 nitrogen and oxygen atoms in total. The molecule has 0 spiro atoms. The summed E-state index contributed by atoms with van der Waals surface area (Å²) in [5.41, 5.74) is 2.78. The number of anilines is 1. The van der Waals surface area contributed by atoms with E-state index in [0.29, 0.717) is 18.2 Å². The van der Waals surface area contributed by atoms with E-state index in [1.165, 1.54) is 0 Å². The summed E-state index contributed by atoms with van der Waals surface area (Å²) in [5.74, 6) is 1.28. The van der Waals surface area contributed by atoms with Crippen LogP contribution in [0.4, 0.5) is 5.95 Å². The molecule has 0 N–H and O–H groups in total. The molecule has 1 aliphatic heterocycles. The Bertz CT molecular complexity index is 995. The number of pyridine rings is 1. The average Bonchev–Trinajstić information content (AvgIpc) is 3.28. The maximum Gasteiger partial charge on any atom is 0.261 e. The van der Waals surface area contributed by atoms with Gasteiger partial charge in [0.05, 0.1) is 11.7 Å². The van der Waals surface area contributed by atoms with Crippen LogP contribution in [0.2, 0.25) is 0 Å². The summed E-state index contributed by atoms with van der Waals surface area (Å²) in [6, 6.07) is 13.2. The number of nitrogens with zero attached hydrogens (tertiary/aromatic N) is 5. The van der Waals surface area contributed by atoms with Crippen molar-refractivity contribution in [2.45, 2.75) is 18.9 Å². The number of hydrogen-bond acceptors (Lipinski definition) is 6. The fraction of sp³-hybridized carbons (Fsp3) is 0.304. The number of amides is 1. The Morgan fingerprint density at radius 3 is 2.67 bits per heavy atom. The quantitative estimate of drug-likeness (QED) is 0.629. The first-order chi connectivity index (χ1) is 14.6. The van der Waals surface area contributed by atoms with Crippen LogP contribution in [0.5, 0.6) is 5.75 Å².